The van der Waals surface area contributed by atoms with Crippen LogP contribution in [-0.2, 0) is 4.79 Å². The molecule has 9 nitrogen and oxygen atoms in total. The maximum Gasteiger partial charge on any atom is 0.269 e. The molecule has 0 radical (unpaired) electrons. The summed E-state index contributed by atoms with van der Waals surface area (Å²) in [5, 5.41) is 2.49. The monoisotopic (exact) mass is 389 g/mol. The summed E-state index contributed by atoms with van der Waals surface area (Å²) in [5.41, 5.74) is 5.12. The first-order valence-electron chi connectivity index (χ1n) is 8.59. The molecule has 1 aromatic carbocycles. The minimum atomic E-state index is -0.876. The summed E-state index contributed by atoms with van der Waals surface area (Å²) in [6.45, 7) is 5.24. The molecule has 0 bridgehead atoms. The molecule has 1 heterocycles. The van der Waals surface area contributed by atoms with Gasteiger partial charge in [-0.2, -0.15) is 0 Å². The molecule has 0 spiro atoms. The number of hydrazine groups is 1. The average Bonchev–Trinajstić information content (AvgIpc) is 3.20. The molecule has 0 aliphatic rings. The van der Waals surface area contributed by atoms with Crippen LogP contribution in [0.15, 0.2) is 41.2 Å². The van der Waals surface area contributed by atoms with Crippen LogP contribution in [-0.4, -0.2) is 37.0 Å². The molecule has 1 unspecified atom stereocenters. The van der Waals surface area contributed by atoms with Crippen molar-refractivity contribution in [1.29, 1.82) is 0 Å². The van der Waals surface area contributed by atoms with Gasteiger partial charge in [0.15, 0.2) is 11.5 Å². The van der Waals surface area contributed by atoms with Gasteiger partial charge in [0, 0.05) is 5.56 Å². The van der Waals surface area contributed by atoms with E-state index < -0.39 is 23.8 Å². The smallest absolute Gasteiger partial charge is 0.269 e. The highest BCUT2D eigenvalue weighted by Crippen LogP contribution is 2.28. The van der Waals surface area contributed by atoms with Gasteiger partial charge in [0.2, 0.25) is 0 Å². The first kappa shape index (κ1) is 20.8. The average molecular weight is 389 g/mol. The highest BCUT2D eigenvalue weighted by atomic mass is 16.5. The lowest BCUT2D eigenvalue weighted by Gasteiger charge is -2.16. The van der Waals surface area contributed by atoms with Crippen molar-refractivity contribution >= 4 is 17.7 Å². The van der Waals surface area contributed by atoms with Gasteiger partial charge in [0.05, 0.1) is 25.0 Å². The SMILES string of the molecule is COc1cc(C(=O)NNC(=O)C(C)NC(=O)c2ccoc2)ccc1OC(C)C. The van der Waals surface area contributed by atoms with Crippen molar-refractivity contribution in [2.45, 2.75) is 32.9 Å². The highest BCUT2D eigenvalue weighted by molar-refractivity contribution is 5.99. The number of amides is 3. The topological polar surface area (TPSA) is 119 Å². The Labute approximate surface area is 162 Å². The molecule has 1 atom stereocenters. The van der Waals surface area contributed by atoms with E-state index >= 15 is 0 Å². The number of methoxy groups -OCH3 is 1. The van der Waals surface area contributed by atoms with Crippen molar-refractivity contribution in [3.05, 3.63) is 47.9 Å². The van der Waals surface area contributed by atoms with Crippen molar-refractivity contribution in [1.82, 2.24) is 16.2 Å². The van der Waals surface area contributed by atoms with E-state index in [0.717, 1.165) is 0 Å². The van der Waals surface area contributed by atoms with Crippen molar-refractivity contribution in [3.63, 3.8) is 0 Å². The van der Waals surface area contributed by atoms with Gasteiger partial charge in [0.1, 0.15) is 12.3 Å². The van der Waals surface area contributed by atoms with Crippen LogP contribution in [0.25, 0.3) is 0 Å². The number of ether oxygens (including phenoxy) is 2. The molecule has 0 aliphatic heterocycles. The van der Waals surface area contributed by atoms with E-state index in [1.54, 1.807) is 12.1 Å². The zero-order valence-electron chi connectivity index (χ0n) is 16.1. The predicted molar refractivity (Wildman–Crippen MR) is 100 cm³/mol. The number of hydrogen-bond donors (Lipinski definition) is 3. The Kier molecular flexibility index (Phi) is 7.02. The molecule has 3 amide bonds. The van der Waals surface area contributed by atoms with E-state index in [1.165, 1.54) is 38.7 Å². The molecular weight excluding hydrogens is 366 g/mol. The van der Waals surface area contributed by atoms with Gasteiger partial charge in [-0.1, -0.05) is 0 Å². The second-order valence-corrected chi connectivity index (χ2v) is 6.18. The second-order valence-electron chi connectivity index (χ2n) is 6.18. The summed E-state index contributed by atoms with van der Waals surface area (Å²) in [4.78, 5) is 36.2. The van der Waals surface area contributed by atoms with Crippen LogP contribution in [0.4, 0.5) is 0 Å². The van der Waals surface area contributed by atoms with E-state index in [4.69, 9.17) is 13.9 Å². The van der Waals surface area contributed by atoms with Gasteiger partial charge >= 0.3 is 0 Å². The van der Waals surface area contributed by atoms with Gasteiger partial charge < -0.3 is 19.2 Å². The van der Waals surface area contributed by atoms with Gasteiger partial charge in [-0.15, -0.1) is 0 Å². The number of furan rings is 1. The Bertz CT molecular complexity index is 832. The van der Waals surface area contributed by atoms with Crippen LogP contribution in [0, 0.1) is 0 Å². The highest BCUT2D eigenvalue weighted by Gasteiger charge is 2.18. The van der Waals surface area contributed by atoms with E-state index in [0.29, 0.717) is 17.1 Å². The van der Waals surface area contributed by atoms with Crippen molar-refractivity contribution in [3.8, 4) is 11.5 Å². The lowest BCUT2D eigenvalue weighted by molar-refractivity contribution is -0.123. The molecule has 28 heavy (non-hydrogen) atoms. The zero-order chi connectivity index (χ0) is 20.7. The molecule has 0 saturated carbocycles. The molecule has 0 aliphatic carbocycles. The van der Waals surface area contributed by atoms with E-state index in [-0.39, 0.29) is 11.7 Å². The molecule has 9 heteroatoms. The third-order valence-electron chi connectivity index (χ3n) is 3.61. The molecule has 150 valence electrons. The Morgan fingerprint density at radius 1 is 0.964 bits per heavy atom. The summed E-state index contributed by atoms with van der Waals surface area (Å²) in [6, 6.07) is 5.26. The van der Waals surface area contributed by atoms with Crippen molar-refractivity contribution in [2.24, 2.45) is 0 Å². The molecule has 3 N–H and O–H groups in total. The Balaban J connectivity index is 1.92. The van der Waals surface area contributed by atoms with E-state index in [2.05, 4.69) is 16.2 Å². The zero-order valence-corrected chi connectivity index (χ0v) is 16.1. The van der Waals surface area contributed by atoms with Crippen molar-refractivity contribution < 1.29 is 28.3 Å². The number of carbonyl (C=O) groups excluding carboxylic acids is 3. The quantitative estimate of drug-likeness (QED) is 0.620. The number of nitrogens with one attached hydrogen (secondary N) is 3. The number of rotatable bonds is 7. The number of benzene rings is 1. The first-order valence-corrected chi connectivity index (χ1v) is 8.59. The van der Waals surface area contributed by atoms with Crippen molar-refractivity contribution in [2.75, 3.05) is 7.11 Å². The Morgan fingerprint density at radius 2 is 1.71 bits per heavy atom. The van der Waals surface area contributed by atoms with Crippen LogP contribution in [0.1, 0.15) is 41.5 Å². The van der Waals surface area contributed by atoms with Crippen LogP contribution in [0.3, 0.4) is 0 Å². The molecule has 0 saturated heterocycles. The molecule has 2 rings (SSSR count). The molecule has 0 fully saturated rings. The fraction of sp³-hybridized carbons (Fsp3) is 0.316. The maximum absolute atomic E-state index is 12.3. The standard InChI is InChI=1S/C19H23N3O6/c1-11(2)28-15-6-5-13(9-16(15)26-4)19(25)22-21-17(23)12(3)20-18(24)14-7-8-27-10-14/h5-12H,1-4H3,(H,20,24)(H,21,23)(H,22,25). The molecule has 1 aromatic heterocycles. The third-order valence-corrected chi connectivity index (χ3v) is 3.61. The van der Waals surface area contributed by atoms with Crippen LogP contribution in [0.5, 0.6) is 11.5 Å². The lowest BCUT2D eigenvalue weighted by Crippen LogP contribution is -2.51. The first-order chi connectivity index (χ1) is 13.3. The minimum absolute atomic E-state index is 0.0494. The molecule has 2 aromatic rings. The fourth-order valence-electron chi connectivity index (χ4n) is 2.20. The lowest BCUT2D eigenvalue weighted by atomic mass is 10.2. The number of carbonyl (C=O) groups is 3. The summed E-state index contributed by atoms with van der Waals surface area (Å²) < 4.78 is 15.6. The Hall–Kier alpha value is -3.49. The van der Waals surface area contributed by atoms with E-state index in [9.17, 15) is 14.4 Å². The van der Waals surface area contributed by atoms with Gasteiger partial charge in [-0.25, -0.2) is 0 Å². The van der Waals surface area contributed by atoms with Crippen LogP contribution < -0.4 is 25.6 Å². The van der Waals surface area contributed by atoms with Gasteiger partial charge in [0.25, 0.3) is 17.7 Å². The summed E-state index contributed by atoms with van der Waals surface area (Å²) in [7, 11) is 1.47. The fourth-order valence-corrected chi connectivity index (χ4v) is 2.20. The third kappa shape index (κ3) is 5.50. The normalized spacial score (nSPS) is 11.5. The van der Waals surface area contributed by atoms with E-state index in [1.807, 2.05) is 13.8 Å². The molecular formula is C19H23N3O6. The van der Waals surface area contributed by atoms with Gasteiger partial charge in [-0.05, 0) is 45.0 Å². The second kappa shape index (κ2) is 9.45. The van der Waals surface area contributed by atoms with Gasteiger partial charge in [-0.3, -0.25) is 25.2 Å². The largest absolute Gasteiger partial charge is 0.493 e. The van der Waals surface area contributed by atoms with Crippen LogP contribution in [0.2, 0.25) is 0 Å². The maximum atomic E-state index is 12.3. The predicted octanol–water partition coefficient (Wildman–Crippen LogP) is 1.65. The summed E-state index contributed by atoms with van der Waals surface area (Å²) >= 11 is 0. The summed E-state index contributed by atoms with van der Waals surface area (Å²) in [5.74, 6) is -0.691. The Morgan fingerprint density at radius 3 is 2.32 bits per heavy atom. The number of hydrogen-bond acceptors (Lipinski definition) is 6. The minimum Gasteiger partial charge on any atom is -0.493 e. The summed E-state index contributed by atoms with van der Waals surface area (Å²) in [6.07, 6.45) is 2.57. The van der Waals surface area contributed by atoms with Crippen LogP contribution >= 0.6 is 0 Å².